The van der Waals surface area contributed by atoms with E-state index in [2.05, 4.69) is 5.32 Å². The molecule has 0 spiro atoms. The lowest BCUT2D eigenvalue weighted by Crippen LogP contribution is -2.53. The minimum atomic E-state index is -1.40. The van der Waals surface area contributed by atoms with Crippen molar-refractivity contribution in [3.63, 3.8) is 0 Å². The number of rotatable bonds is 6. The van der Waals surface area contributed by atoms with Crippen LogP contribution < -0.4 is 11.1 Å². The van der Waals surface area contributed by atoms with Gasteiger partial charge in [-0.15, -0.1) is 0 Å². The highest BCUT2D eigenvalue weighted by molar-refractivity contribution is 5.87. The van der Waals surface area contributed by atoms with E-state index in [1.165, 1.54) is 19.1 Å². The second kappa shape index (κ2) is 6.88. The van der Waals surface area contributed by atoms with E-state index in [0.29, 0.717) is 0 Å². The summed E-state index contributed by atoms with van der Waals surface area (Å²) < 4.78 is 0. The maximum absolute atomic E-state index is 11.8. The first kappa shape index (κ1) is 15.9. The Balaban J connectivity index is 2.62. The molecule has 6 N–H and O–H groups in total. The summed E-state index contributed by atoms with van der Waals surface area (Å²) >= 11 is 0. The lowest BCUT2D eigenvalue weighted by molar-refractivity contribution is -0.144. The number of phenolic OH excluding ortho intramolecular Hbond substituents is 1. The molecule has 0 bridgehead atoms. The molecule has 7 nitrogen and oxygen atoms in total. The molecule has 0 aliphatic heterocycles. The van der Waals surface area contributed by atoms with Gasteiger partial charge in [0.15, 0.2) is 6.04 Å². The number of nitrogens with one attached hydrogen (secondary N) is 1. The molecule has 20 heavy (non-hydrogen) atoms. The number of carboxylic acids is 1. The Morgan fingerprint density at radius 1 is 1.30 bits per heavy atom. The molecule has 0 radical (unpaired) electrons. The molecule has 0 aliphatic carbocycles. The Morgan fingerprint density at radius 3 is 2.30 bits per heavy atom. The molecule has 110 valence electrons. The minimum Gasteiger partial charge on any atom is -0.508 e. The SMILES string of the molecule is CC(O)[C@H](NC(=O)[C@@H](N)Cc1ccc(O)cc1)C(=O)O. The van der Waals surface area contributed by atoms with Crippen LogP contribution in [0.4, 0.5) is 0 Å². The first-order valence-corrected chi connectivity index (χ1v) is 6.06. The standard InChI is InChI=1S/C13H18N2O5/c1-7(16)11(13(19)20)15-12(18)10(14)6-8-2-4-9(17)5-3-8/h2-5,7,10-11,16-17H,6,14H2,1H3,(H,15,18)(H,19,20)/t7?,10-,11-/m0/s1. The second-order valence-corrected chi connectivity index (χ2v) is 4.54. The molecule has 0 aliphatic rings. The van der Waals surface area contributed by atoms with Gasteiger partial charge in [0.25, 0.3) is 0 Å². The number of aromatic hydroxyl groups is 1. The number of carboxylic acid groups (broad SMARTS) is 1. The molecular weight excluding hydrogens is 264 g/mol. The van der Waals surface area contributed by atoms with Crippen LogP contribution in [0.25, 0.3) is 0 Å². The number of carbonyl (C=O) groups is 2. The van der Waals surface area contributed by atoms with E-state index in [4.69, 9.17) is 15.9 Å². The number of benzene rings is 1. The van der Waals surface area contributed by atoms with Crippen molar-refractivity contribution >= 4 is 11.9 Å². The Bertz CT molecular complexity index is 472. The molecule has 0 heterocycles. The number of aliphatic hydroxyl groups excluding tert-OH is 1. The Hall–Kier alpha value is -2.12. The number of hydrogen-bond acceptors (Lipinski definition) is 5. The van der Waals surface area contributed by atoms with Gasteiger partial charge in [0.1, 0.15) is 5.75 Å². The molecule has 7 heteroatoms. The predicted octanol–water partition coefficient (Wildman–Crippen LogP) is -0.788. The summed E-state index contributed by atoms with van der Waals surface area (Å²) in [5, 5.41) is 29.4. The van der Waals surface area contributed by atoms with Crippen LogP contribution in [0.3, 0.4) is 0 Å². The summed E-state index contributed by atoms with van der Waals surface area (Å²) in [5.41, 5.74) is 6.42. The van der Waals surface area contributed by atoms with Crippen molar-refractivity contribution in [1.29, 1.82) is 0 Å². The van der Waals surface area contributed by atoms with Gasteiger partial charge in [-0.1, -0.05) is 12.1 Å². The fraction of sp³-hybridized carbons (Fsp3) is 0.385. The zero-order valence-electron chi connectivity index (χ0n) is 11.0. The van der Waals surface area contributed by atoms with Gasteiger partial charge < -0.3 is 26.4 Å². The van der Waals surface area contributed by atoms with Crippen LogP contribution in [0.15, 0.2) is 24.3 Å². The molecule has 0 fully saturated rings. The smallest absolute Gasteiger partial charge is 0.328 e. The van der Waals surface area contributed by atoms with Crippen LogP contribution in [-0.4, -0.2) is 45.4 Å². The number of aliphatic hydroxyl groups is 1. The highest BCUT2D eigenvalue weighted by atomic mass is 16.4. The Labute approximate surface area is 116 Å². The van der Waals surface area contributed by atoms with Crippen LogP contribution in [0.2, 0.25) is 0 Å². The van der Waals surface area contributed by atoms with Gasteiger partial charge in [0.2, 0.25) is 5.91 Å². The van der Waals surface area contributed by atoms with Gasteiger partial charge in [0.05, 0.1) is 12.1 Å². The summed E-state index contributed by atoms with van der Waals surface area (Å²) in [7, 11) is 0. The summed E-state index contributed by atoms with van der Waals surface area (Å²) in [4.78, 5) is 22.6. The van der Waals surface area contributed by atoms with Gasteiger partial charge >= 0.3 is 5.97 Å². The van der Waals surface area contributed by atoms with E-state index in [9.17, 15) is 14.7 Å². The zero-order chi connectivity index (χ0) is 15.3. The van der Waals surface area contributed by atoms with Gasteiger partial charge in [-0.3, -0.25) is 4.79 Å². The molecule has 0 saturated carbocycles. The lowest BCUT2D eigenvalue weighted by Gasteiger charge is -2.19. The van der Waals surface area contributed by atoms with Crippen molar-refractivity contribution in [3.8, 4) is 5.75 Å². The molecule has 1 aromatic carbocycles. The van der Waals surface area contributed by atoms with E-state index in [1.807, 2.05) is 0 Å². The van der Waals surface area contributed by atoms with Crippen LogP contribution in [0.1, 0.15) is 12.5 Å². The number of nitrogens with two attached hydrogens (primary N) is 1. The topological polar surface area (TPSA) is 133 Å². The Morgan fingerprint density at radius 2 is 1.85 bits per heavy atom. The average Bonchev–Trinajstić information content (AvgIpc) is 2.37. The highest BCUT2D eigenvalue weighted by Crippen LogP contribution is 2.11. The third kappa shape index (κ3) is 4.52. The van der Waals surface area contributed by atoms with Crippen LogP contribution in [0, 0.1) is 0 Å². The fourth-order valence-electron chi connectivity index (χ4n) is 1.63. The van der Waals surface area contributed by atoms with Crippen molar-refractivity contribution in [2.24, 2.45) is 5.73 Å². The summed E-state index contributed by atoms with van der Waals surface area (Å²) in [6.07, 6.45) is -1.03. The molecule has 1 unspecified atom stereocenters. The highest BCUT2D eigenvalue weighted by Gasteiger charge is 2.27. The van der Waals surface area contributed by atoms with Crippen molar-refractivity contribution in [2.45, 2.75) is 31.5 Å². The maximum Gasteiger partial charge on any atom is 0.328 e. The number of hydrogen-bond donors (Lipinski definition) is 5. The molecular formula is C13H18N2O5. The third-order valence-electron chi connectivity index (χ3n) is 2.77. The Kier molecular flexibility index (Phi) is 5.48. The largest absolute Gasteiger partial charge is 0.508 e. The number of carbonyl (C=O) groups excluding carboxylic acids is 1. The number of phenols is 1. The molecule has 1 amide bonds. The summed E-state index contributed by atoms with van der Waals surface area (Å²) in [6, 6.07) is 3.83. The van der Waals surface area contributed by atoms with Crippen molar-refractivity contribution in [2.75, 3.05) is 0 Å². The van der Waals surface area contributed by atoms with Crippen LogP contribution in [-0.2, 0) is 16.0 Å². The van der Waals surface area contributed by atoms with Gasteiger partial charge in [-0.05, 0) is 31.0 Å². The van der Waals surface area contributed by atoms with Crippen LogP contribution >= 0.6 is 0 Å². The third-order valence-corrected chi connectivity index (χ3v) is 2.77. The van der Waals surface area contributed by atoms with Gasteiger partial charge in [-0.2, -0.15) is 0 Å². The summed E-state index contributed by atoms with van der Waals surface area (Å²) in [5.74, 6) is -1.89. The van der Waals surface area contributed by atoms with E-state index in [0.717, 1.165) is 5.56 Å². The van der Waals surface area contributed by atoms with Crippen molar-refractivity contribution in [3.05, 3.63) is 29.8 Å². The van der Waals surface area contributed by atoms with Crippen LogP contribution in [0.5, 0.6) is 5.75 Å². The fourth-order valence-corrected chi connectivity index (χ4v) is 1.63. The average molecular weight is 282 g/mol. The zero-order valence-corrected chi connectivity index (χ0v) is 11.0. The first-order valence-electron chi connectivity index (χ1n) is 6.06. The maximum atomic E-state index is 11.8. The monoisotopic (exact) mass is 282 g/mol. The molecule has 0 aromatic heterocycles. The lowest BCUT2D eigenvalue weighted by atomic mass is 10.0. The molecule has 0 saturated heterocycles. The number of amides is 1. The predicted molar refractivity (Wildman–Crippen MR) is 71.0 cm³/mol. The minimum absolute atomic E-state index is 0.104. The normalized spacial score (nSPS) is 15.2. The van der Waals surface area contributed by atoms with Gasteiger partial charge in [-0.25, -0.2) is 4.79 Å². The van der Waals surface area contributed by atoms with E-state index in [1.54, 1.807) is 12.1 Å². The number of aliphatic carboxylic acids is 1. The van der Waals surface area contributed by atoms with E-state index in [-0.39, 0.29) is 12.2 Å². The van der Waals surface area contributed by atoms with E-state index >= 15 is 0 Å². The van der Waals surface area contributed by atoms with E-state index < -0.39 is 30.1 Å². The molecule has 3 atom stereocenters. The molecule has 1 rings (SSSR count). The quantitative estimate of drug-likeness (QED) is 0.464. The van der Waals surface area contributed by atoms with Crippen molar-refractivity contribution < 1.29 is 24.9 Å². The first-order chi connectivity index (χ1) is 9.31. The van der Waals surface area contributed by atoms with Crippen molar-refractivity contribution in [1.82, 2.24) is 5.32 Å². The van der Waals surface area contributed by atoms with Gasteiger partial charge in [0, 0.05) is 0 Å². The second-order valence-electron chi connectivity index (χ2n) is 4.54. The summed E-state index contributed by atoms with van der Waals surface area (Å²) in [6.45, 7) is 1.27. The molecule has 1 aromatic rings.